The topological polar surface area (TPSA) is 237 Å². The van der Waals surface area contributed by atoms with E-state index in [1.165, 1.54) is 231 Å². The van der Waals surface area contributed by atoms with Crippen molar-refractivity contribution < 1.29 is 80.2 Å². The van der Waals surface area contributed by atoms with E-state index in [0.717, 1.165) is 108 Å². The summed E-state index contributed by atoms with van der Waals surface area (Å²) in [5, 5.41) is 10.6. The van der Waals surface area contributed by atoms with Gasteiger partial charge in [0.2, 0.25) is 0 Å². The van der Waals surface area contributed by atoms with Gasteiger partial charge in [0.1, 0.15) is 19.3 Å². The molecular weight excluding hydrogens is 1290 g/mol. The van der Waals surface area contributed by atoms with Crippen LogP contribution in [0.5, 0.6) is 0 Å². The molecule has 99 heavy (non-hydrogen) atoms. The number of aliphatic hydroxyl groups is 1. The number of ether oxygens (including phenoxy) is 4. The number of esters is 4. The van der Waals surface area contributed by atoms with Crippen molar-refractivity contribution in [2.24, 2.45) is 11.8 Å². The number of hydrogen-bond donors (Lipinski definition) is 3. The maximum absolute atomic E-state index is 13.1. The zero-order chi connectivity index (χ0) is 72.8. The van der Waals surface area contributed by atoms with Gasteiger partial charge >= 0.3 is 39.5 Å². The lowest BCUT2D eigenvalue weighted by molar-refractivity contribution is -0.161. The van der Waals surface area contributed by atoms with Crippen LogP contribution < -0.4 is 0 Å². The predicted octanol–water partition coefficient (Wildman–Crippen LogP) is 23.9. The second kappa shape index (κ2) is 71.7. The van der Waals surface area contributed by atoms with Crippen LogP contribution in [0.2, 0.25) is 0 Å². The first-order valence-corrected chi connectivity index (χ1v) is 44.5. The Morgan fingerprint density at radius 2 is 0.515 bits per heavy atom. The average Bonchev–Trinajstić information content (AvgIpc) is 1.21. The molecule has 0 radical (unpaired) electrons. The molecule has 0 aromatic rings. The van der Waals surface area contributed by atoms with Gasteiger partial charge < -0.3 is 33.8 Å². The van der Waals surface area contributed by atoms with Crippen LogP contribution in [0.25, 0.3) is 0 Å². The first-order valence-electron chi connectivity index (χ1n) is 41.5. The zero-order valence-corrected chi connectivity index (χ0v) is 66.6. The molecule has 17 nitrogen and oxygen atoms in total. The molecule has 588 valence electrons. The summed E-state index contributed by atoms with van der Waals surface area (Å²) in [6.07, 6.45) is 61.1. The summed E-state index contributed by atoms with van der Waals surface area (Å²) in [6.45, 7) is 9.59. The number of hydrogen-bond acceptors (Lipinski definition) is 15. The Labute approximate surface area is 607 Å². The first kappa shape index (κ1) is 97.1. The van der Waals surface area contributed by atoms with Crippen molar-refractivity contribution in [2.45, 2.75) is 439 Å². The van der Waals surface area contributed by atoms with Crippen molar-refractivity contribution in [3.63, 3.8) is 0 Å². The molecule has 0 saturated heterocycles. The SMILES string of the molecule is CCCCCCCCCCCCCCCCCCCCCCCC(=O)O[C@H](COC(=O)CCCCCCCCCCCCCC(C)C)COP(=O)(O)OC[C@@H](O)COP(=O)(O)OC[C@@H](COC(=O)CCCCCCCCC(C)CC)OC(=O)CCCCCCCCCCCCCCCC. The first-order chi connectivity index (χ1) is 47.9. The highest BCUT2D eigenvalue weighted by molar-refractivity contribution is 7.47. The molecule has 0 bridgehead atoms. The van der Waals surface area contributed by atoms with E-state index in [1.54, 1.807) is 0 Å². The Morgan fingerprint density at radius 1 is 0.293 bits per heavy atom. The summed E-state index contributed by atoms with van der Waals surface area (Å²) < 4.78 is 68.7. The average molecular weight is 1450 g/mol. The highest BCUT2D eigenvalue weighted by atomic mass is 31.2. The van der Waals surface area contributed by atoms with Gasteiger partial charge in [0.05, 0.1) is 26.4 Å². The van der Waals surface area contributed by atoms with Gasteiger partial charge in [-0.1, -0.05) is 369 Å². The fourth-order valence-electron chi connectivity index (χ4n) is 12.3. The van der Waals surface area contributed by atoms with E-state index in [9.17, 15) is 43.2 Å². The van der Waals surface area contributed by atoms with Gasteiger partial charge in [-0.05, 0) is 37.5 Å². The molecule has 0 aliphatic carbocycles. The smallest absolute Gasteiger partial charge is 0.462 e. The van der Waals surface area contributed by atoms with Crippen molar-refractivity contribution in [3.8, 4) is 0 Å². The molecule has 0 amide bonds. The number of phosphoric acid groups is 2. The Bertz CT molecular complexity index is 1910. The summed E-state index contributed by atoms with van der Waals surface area (Å²) in [6, 6.07) is 0. The van der Waals surface area contributed by atoms with E-state index in [-0.39, 0.29) is 25.7 Å². The van der Waals surface area contributed by atoms with E-state index in [1.807, 2.05) is 0 Å². The molecule has 6 atom stereocenters. The molecule has 0 heterocycles. The van der Waals surface area contributed by atoms with Gasteiger partial charge in [0.25, 0.3) is 0 Å². The third-order valence-electron chi connectivity index (χ3n) is 19.1. The number of unbranched alkanes of at least 4 members (excludes halogenated alkanes) is 48. The van der Waals surface area contributed by atoms with Crippen molar-refractivity contribution in [1.29, 1.82) is 0 Å². The van der Waals surface area contributed by atoms with Crippen molar-refractivity contribution in [3.05, 3.63) is 0 Å². The Kier molecular flexibility index (Phi) is 70.3. The number of carbonyl (C=O) groups is 4. The lowest BCUT2D eigenvalue weighted by Crippen LogP contribution is -2.30. The Morgan fingerprint density at radius 3 is 0.768 bits per heavy atom. The second-order valence-electron chi connectivity index (χ2n) is 29.5. The van der Waals surface area contributed by atoms with Crippen molar-refractivity contribution >= 4 is 39.5 Å². The summed E-state index contributed by atoms with van der Waals surface area (Å²) >= 11 is 0. The molecular formula is C80H156O17P2. The third kappa shape index (κ3) is 72.8. The van der Waals surface area contributed by atoms with Gasteiger partial charge in [0.15, 0.2) is 12.2 Å². The molecule has 0 aliphatic rings. The molecule has 0 aromatic carbocycles. The van der Waals surface area contributed by atoms with Gasteiger partial charge in [-0.3, -0.25) is 37.3 Å². The van der Waals surface area contributed by atoms with E-state index < -0.39 is 97.5 Å². The van der Waals surface area contributed by atoms with Crippen LogP contribution in [0.4, 0.5) is 0 Å². The highest BCUT2D eigenvalue weighted by Gasteiger charge is 2.30. The quantitative estimate of drug-likeness (QED) is 0.0222. The molecule has 3 N–H and O–H groups in total. The van der Waals surface area contributed by atoms with E-state index in [2.05, 4.69) is 41.5 Å². The molecule has 0 spiro atoms. The molecule has 0 fully saturated rings. The normalized spacial score (nSPS) is 14.2. The van der Waals surface area contributed by atoms with Crippen LogP contribution in [0.1, 0.15) is 420 Å². The fraction of sp³-hybridized carbons (Fsp3) is 0.950. The highest BCUT2D eigenvalue weighted by Crippen LogP contribution is 2.45. The second-order valence-corrected chi connectivity index (χ2v) is 32.4. The summed E-state index contributed by atoms with van der Waals surface area (Å²) in [7, 11) is -9.92. The maximum Gasteiger partial charge on any atom is 0.472 e. The molecule has 0 aliphatic heterocycles. The van der Waals surface area contributed by atoms with Crippen molar-refractivity contribution in [2.75, 3.05) is 39.6 Å². The molecule has 0 rings (SSSR count). The molecule has 3 unspecified atom stereocenters. The van der Waals surface area contributed by atoms with Crippen LogP contribution in [0.3, 0.4) is 0 Å². The van der Waals surface area contributed by atoms with Crippen LogP contribution in [0.15, 0.2) is 0 Å². The number of rotatable bonds is 79. The van der Waals surface area contributed by atoms with Crippen molar-refractivity contribution in [1.82, 2.24) is 0 Å². The Hall–Kier alpha value is -1.94. The van der Waals surface area contributed by atoms with Gasteiger partial charge in [0, 0.05) is 25.7 Å². The minimum absolute atomic E-state index is 0.107. The standard InChI is InChI=1S/C80H156O17P2/c1-7-10-12-14-16-18-20-22-24-25-26-27-28-29-30-32-36-41-45-53-59-65-79(84)96-75(68-90-77(82)62-56-50-43-39-37-33-34-38-42-48-54-60-72(4)5)70-94-98(86,87)92-66-74(81)67-93-99(88,89)95-71-76(69-91-78(83)63-57-51-47-46-49-55-61-73(6)9-3)97-80(85)64-58-52-44-40-35-31-23-21-19-17-15-13-11-8-2/h72-76,81H,7-71H2,1-6H3,(H,86,87)(H,88,89)/t73?,74-,75-,76-/m1/s1. The molecule has 19 heteroatoms. The Balaban J connectivity index is 5.22. The predicted molar refractivity (Wildman–Crippen MR) is 405 cm³/mol. The maximum atomic E-state index is 13.1. The van der Waals surface area contributed by atoms with Crippen LogP contribution >= 0.6 is 15.6 Å². The largest absolute Gasteiger partial charge is 0.472 e. The van der Waals surface area contributed by atoms with Crippen LogP contribution in [-0.2, 0) is 65.4 Å². The monoisotopic (exact) mass is 1450 g/mol. The molecule has 0 aromatic heterocycles. The summed E-state index contributed by atoms with van der Waals surface area (Å²) in [4.78, 5) is 73.0. The van der Waals surface area contributed by atoms with Crippen LogP contribution in [0, 0.1) is 11.8 Å². The van der Waals surface area contributed by atoms with Gasteiger partial charge in [-0.15, -0.1) is 0 Å². The summed E-state index contributed by atoms with van der Waals surface area (Å²) in [5.41, 5.74) is 0. The van der Waals surface area contributed by atoms with Gasteiger partial charge in [-0.25, -0.2) is 9.13 Å². The minimum atomic E-state index is -4.96. The fourth-order valence-corrected chi connectivity index (χ4v) is 13.9. The van der Waals surface area contributed by atoms with E-state index in [0.29, 0.717) is 25.7 Å². The molecule has 0 saturated carbocycles. The lowest BCUT2D eigenvalue weighted by Gasteiger charge is -2.21. The zero-order valence-electron chi connectivity index (χ0n) is 64.8. The third-order valence-corrected chi connectivity index (χ3v) is 21.0. The van der Waals surface area contributed by atoms with Gasteiger partial charge in [-0.2, -0.15) is 0 Å². The number of carbonyl (C=O) groups excluding carboxylic acids is 4. The van der Waals surface area contributed by atoms with E-state index >= 15 is 0 Å². The number of phosphoric ester groups is 2. The van der Waals surface area contributed by atoms with Crippen LogP contribution in [-0.4, -0.2) is 96.7 Å². The minimum Gasteiger partial charge on any atom is -0.462 e. The number of aliphatic hydroxyl groups excluding tert-OH is 1. The summed E-state index contributed by atoms with van der Waals surface area (Å²) in [5.74, 6) is -0.609. The van der Waals surface area contributed by atoms with E-state index in [4.69, 9.17) is 37.0 Å². The lowest BCUT2D eigenvalue weighted by atomic mass is 10.00.